The van der Waals surface area contributed by atoms with E-state index in [4.69, 9.17) is 4.74 Å². The minimum Gasteiger partial charge on any atom is -0.381 e. The van der Waals surface area contributed by atoms with Gasteiger partial charge in [-0.2, -0.15) is 0 Å². The second kappa shape index (κ2) is 7.67. The zero-order chi connectivity index (χ0) is 15.3. The van der Waals surface area contributed by atoms with Crippen molar-refractivity contribution >= 4 is 5.96 Å². The van der Waals surface area contributed by atoms with E-state index in [0.29, 0.717) is 5.41 Å². The maximum Gasteiger partial charge on any atom is 0.193 e. The van der Waals surface area contributed by atoms with Crippen LogP contribution in [0.5, 0.6) is 0 Å². The fourth-order valence-corrected chi connectivity index (χ4v) is 4.40. The van der Waals surface area contributed by atoms with Crippen LogP contribution in [-0.4, -0.2) is 50.8 Å². The van der Waals surface area contributed by atoms with E-state index in [9.17, 15) is 0 Å². The lowest BCUT2D eigenvalue weighted by Crippen LogP contribution is -2.43. The Kier molecular flexibility index (Phi) is 5.61. The predicted molar refractivity (Wildman–Crippen MR) is 91.2 cm³/mol. The Bertz CT molecular complexity index is 369. The van der Waals surface area contributed by atoms with Crippen LogP contribution in [0.1, 0.15) is 57.8 Å². The average molecular weight is 307 g/mol. The summed E-state index contributed by atoms with van der Waals surface area (Å²) in [7, 11) is 1.93. The van der Waals surface area contributed by atoms with E-state index in [1.807, 2.05) is 7.05 Å². The Morgan fingerprint density at radius 2 is 1.95 bits per heavy atom. The number of nitrogens with zero attached hydrogens (tertiary/aromatic N) is 2. The first-order valence-corrected chi connectivity index (χ1v) is 9.35. The van der Waals surface area contributed by atoms with Crippen LogP contribution < -0.4 is 5.32 Å². The molecule has 3 rings (SSSR count). The zero-order valence-corrected chi connectivity index (χ0v) is 14.3. The van der Waals surface area contributed by atoms with E-state index in [1.165, 1.54) is 57.8 Å². The lowest BCUT2D eigenvalue weighted by Gasteiger charge is -2.27. The molecule has 0 aromatic carbocycles. The topological polar surface area (TPSA) is 36.9 Å². The number of likely N-dealkylation sites (tertiary alicyclic amines) is 1. The molecule has 2 saturated heterocycles. The van der Waals surface area contributed by atoms with Crippen LogP contribution in [0, 0.1) is 11.3 Å². The number of aliphatic imine (C=N–C) groups is 1. The summed E-state index contributed by atoms with van der Waals surface area (Å²) in [6.07, 6.45) is 12.4. The van der Waals surface area contributed by atoms with Crippen LogP contribution in [0.3, 0.4) is 0 Å². The molecule has 126 valence electrons. The van der Waals surface area contributed by atoms with Gasteiger partial charge >= 0.3 is 0 Å². The summed E-state index contributed by atoms with van der Waals surface area (Å²) in [5, 5.41) is 3.67. The second-order valence-electron chi connectivity index (χ2n) is 7.61. The zero-order valence-electron chi connectivity index (χ0n) is 14.3. The molecule has 1 N–H and O–H groups in total. The van der Waals surface area contributed by atoms with Crippen LogP contribution in [0.4, 0.5) is 0 Å². The summed E-state index contributed by atoms with van der Waals surface area (Å²) in [5.74, 6) is 1.95. The van der Waals surface area contributed by atoms with E-state index in [2.05, 4.69) is 15.2 Å². The van der Waals surface area contributed by atoms with Crippen molar-refractivity contribution in [2.24, 2.45) is 16.3 Å². The Morgan fingerprint density at radius 3 is 2.64 bits per heavy atom. The van der Waals surface area contributed by atoms with Gasteiger partial charge in [0.2, 0.25) is 0 Å². The number of ether oxygens (including phenoxy) is 1. The predicted octanol–water partition coefficient (Wildman–Crippen LogP) is 3.03. The third kappa shape index (κ3) is 3.95. The van der Waals surface area contributed by atoms with Gasteiger partial charge in [0.1, 0.15) is 0 Å². The molecule has 22 heavy (non-hydrogen) atoms. The molecule has 0 aromatic heterocycles. The second-order valence-corrected chi connectivity index (χ2v) is 7.61. The molecule has 0 aromatic rings. The Morgan fingerprint density at radius 1 is 1.18 bits per heavy atom. The van der Waals surface area contributed by atoms with Gasteiger partial charge in [-0.1, -0.05) is 32.1 Å². The fourth-order valence-electron chi connectivity index (χ4n) is 4.40. The van der Waals surface area contributed by atoms with Crippen molar-refractivity contribution in [1.29, 1.82) is 0 Å². The lowest BCUT2D eigenvalue weighted by molar-refractivity contribution is 0.156. The average Bonchev–Trinajstić information content (AvgIpc) is 3.12. The minimum absolute atomic E-state index is 0.415. The molecule has 3 aliphatic rings. The molecule has 1 spiro atoms. The molecule has 0 amide bonds. The highest BCUT2D eigenvalue weighted by Gasteiger charge is 2.42. The fraction of sp³-hybridized carbons (Fsp3) is 0.944. The molecule has 1 saturated carbocycles. The van der Waals surface area contributed by atoms with Gasteiger partial charge in [-0.3, -0.25) is 4.99 Å². The number of hydrogen-bond acceptors (Lipinski definition) is 2. The third-order valence-electron chi connectivity index (χ3n) is 5.91. The molecule has 2 aliphatic heterocycles. The quantitative estimate of drug-likeness (QED) is 0.629. The van der Waals surface area contributed by atoms with Crippen LogP contribution in [0.2, 0.25) is 0 Å². The van der Waals surface area contributed by atoms with Crippen molar-refractivity contribution in [1.82, 2.24) is 10.2 Å². The summed E-state index contributed by atoms with van der Waals surface area (Å²) in [5.41, 5.74) is 0.415. The number of nitrogens with one attached hydrogen (secondary N) is 1. The largest absolute Gasteiger partial charge is 0.381 e. The molecule has 4 nitrogen and oxygen atoms in total. The van der Waals surface area contributed by atoms with E-state index in [0.717, 1.165) is 44.7 Å². The molecule has 0 bridgehead atoms. The SMILES string of the molecule is CN=C(NCC1CCCCCCC1)N1CCC2(CCOC2)C1. The van der Waals surface area contributed by atoms with Gasteiger partial charge < -0.3 is 15.0 Å². The summed E-state index contributed by atoms with van der Waals surface area (Å²) in [6, 6.07) is 0. The van der Waals surface area contributed by atoms with Gasteiger partial charge in [0.15, 0.2) is 5.96 Å². The summed E-state index contributed by atoms with van der Waals surface area (Å²) in [4.78, 5) is 7.00. The van der Waals surface area contributed by atoms with Crippen LogP contribution in [0.15, 0.2) is 4.99 Å². The standard InChI is InChI=1S/C18H33N3O/c1-19-17(20-13-16-7-5-3-2-4-6-8-16)21-11-9-18(14-21)10-12-22-15-18/h16H,2-15H2,1H3,(H,19,20). The van der Waals surface area contributed by atoms with Gasteiger partial charge in [-0.25, -0.2) is 0 Å². The van der Waals surface area contributed by atoms with Crippen LogP contribution >= 0.6 is 0 Å². The molecule has 2 heterocycles. The number of guanidine groups is 1. The van der Waals surface area contributed by atoms with Crippen molar-refractivity contribution in [3.05, 3.63) is 0 Å². The molecule has 0 radical (unpaired) electrons. The van der Waals surface area contributed by atoms with Crippen molar-refractivity contribution in [3.63, 3.8) is 0 Å². The van der Waals surface area contributed by atoms with Crippen LogP contribution in [0.25, 0.3) is 0 Å². The lowest BCUT2D eigenvalue weighted by atomic mass is 9.87. The first kappa shape index (κ1) is 16.1. The molecule has 3 fully saturated rings. The first-order valence-electron chi connectivity index (χ1n) is 9.35. The number of rotatable bonds is 2. The Hall–Kier alpha value is -0.770. The van der Waals surface area contributed by atoms with Gasteiger partial charge in [0, 0.05) is 38.7 Å². The van der Waals surface area contributed by atoms with Gasteiger partial charge in [-0.05, 0) is 31.6 Å². The van der Waals surface area contributed by atoms with Gasteiger partial charge in [-0.15, -0.1) is 0 Å². The molecule has 1 unspecified atom stereocenters. The smallest absolute Gasteiger partial charge is 0.193 e. The molecular weight excluding hydrogens is 274 g/mol. The van der Waals surface area contributed by atoms with Crippen molar-refractivity contribution in [3.8, 4) is 0 Å². The molecule has 1 atom stereocenters. The highest BCUT2D eigenvalue weighted by molar-refractivity contribution is 5.80. The summed E-state index contributed by atoms with van der Waals surface area (Å²) in [6.45, 7) is 5.25. The van der Waals surface area contributed by atoms with E-state index < -0.39 is 0 Å². The normalized spacial score (nSPS) is 31.5. The Balaban J connectivity index is 1.47. The Labute approximate surface area is 135 Å². The first-order chi connectivity index (χ1) is 10.8. The maximum absolute atomic E-state index is 5.64. The van der Waals surface area contributed by atoms with Crippen molar-refractivity contribution in [2.75, 3.05) is 39.9 Å². The van der Waals surface area contributed by atoms with Crippen LogP contribution in [-0.2, 0) is 4.74 Å². The van der Waals surface area contributed by atoms with Crippen molar-refractivity contribution in [2.45, 2.75) is 57.8 Å². The highest BCUT2D eigenvalue weighted by Crippen LogP contribution is 2.38. The minimum atomic E-state index is 0.415. The van der Waals surface area contributed by atoms with Crippen molar-refractivity contribution < 1.29 is 4.74 Å². The molecule has 4 heteroatoms. The third-order valence-corrected chi connectivity index (χ3v) is 5.91. The molecular formula is C18H33N3O. The highest BCUT2D eigenvalue weighted by atomic mass is 16.5. The van der Waals surface area contributed by atoms with E-state index >= 15 is 0 Å². The summed E-state index contributed by atoms with van der Waals surface area (Å²) < 4.78 is 5.64. The summed E-state index contributed by atoms with van der Waals surface area (Å²) >= 11 is 0. The molecule has 1 aliphatic carbocycles. The monoisotopic (exact) mass is 307 g/mol. The van der Waals surface area contributed by atoms with E-state index in [1.54, 1.807) is 0 Å². The van der Waals surface area contributed by atoms with Gasteiger partial charge in [0.05, 0.1) is 6.61 Å². The number of hydrogen-bond donors (Lipinski definition) is 1. The maximum atomic E-state index is 5.64. The van der Waals surface area contributed by atoms with Gasteiger partial charge in [0.25, 0.3) is 0 Å². The van der Waals surface area contributed by atoms with E-state index in [-0.39, 0.29) is 0 Å².